The zero-order valence-electron chi connectivity index (χ0n) is 35.8. The molecule has 0 aliphatic heterocycles. The monoisotopic (exact) mass is 800 g/mol. The van der Waals surface area contributed by atoms with Crippen molar-refractivity contribution in [3.8, 4) is 102 Å². The lowest BCUT2D eigenvalue weighted by Gasteiger charge is -2.31. The van der Waals surface area contributed by atoms with Crippen LogP contribution in [0, 0.1) is 0 Å². The summed E-state index contributed by atoms with van der Waals surface area (Å²) in [7, 11) is 16.4. The number of methoxy groups -OCH3 is 10. The van der Waals surface area contributed by atoms with Gasteiger partial charge in [0, 0.05) is 27.7 Å². The first-order valence-electron chi connectivity index (χ1n) is 18.9. The van der Waals surface area contributed by atoms with E-state index < -0.39 is 5.41 Å². The van der Waals surface area contributed by atoms with Gasteiger partial charge in [-0.1, -0.05) is 38.1 Å². The normalized spacial score (nSPS) is 11.1. The first-order valence-corrected chi connectivity index (χ1v) is 18.9. The molecule has 0 spiro atoms. The van der Waals surface area contributed by atoms with Crippen molar-refractivity contribution in [2.45, 2.75) is 19.3 Å². The van der Waals surface area contributed by atoms with Crippen LogP contribution in [0.2, 0.25) is 0 Å². The molecule has 10 heteroatoms. The Kier molecular flexibility index (Phi) is 12.7. The van der Waals surface area contributed by atoms with E-state index in [0.717, 1.165) is 55.6 Å². The van der Waals surface area contributed by atoms with Gasteiger partial charge in [-0.05, 0) is 106 Å². The quantitative estimate of drug-likeness (QED) is 0.0942. The molecular formula is C49H52O10. The van der Waals surface area contributed by atoms with Gasteiger partial charge in [-0.3, -0.25) is 0 Å². The minimum absolute atomic E-state index is 0.596. The Balaban J connectivity index is 1.69. The highest BCUT2D eigenvalue weighted by Gasteiger charge is 2.30. The van der Waals surface area contributed by atoms with Crippen molar-refractivity contribution in [3.05, 3.63) is 108 Å². The fraction of sp³-hybridized carbons (Fsp3) is 0.265. The van der Waals surface area contributed by atoms with E-state index in [9.17, 15) is 0 Å². The molecule has 0 saturated carbocycles. The summed E-state index contributed by atoms with van der Waals surface area (Å²) in [6.45, 7) is 4.42. The lowest BCUT2D eigenvalue weighted by molar-refractivity contribution is 0.355. The first kappa shape index (κ1) is 41.9. The van der Waals surface area contributed by atoms with Gasteiger partial charge in [0.05, 0.1) is 71.1 Å². The number of ether oxygens (including phenoxy) is 10. The van der Waals surface area contributed by atoms with Crippen LogP contribution in [-0.4, -0.2) is 71.1 Å². The Hall–Kier alpha value is -6.68. The van der Waals surface area contributed by atoms with Gasteiger partial charge in [0.1, 0.15) is 11.5 Å². The average molecular weight is 801 g/mol. The molecule has 6 rings (SSSR count). The smallest absolute Gasteiger partial charge is 0.161 e. The zero-order chi connectivity index (χ0) is 42.4. The Morgan fingerprint density at radius 3 is 0.678 bits per heavy atom. The van der Waals surface area contributed by atoms with E-state index in [2.05, 4.69) is 38.1 Å². The Morgan fingerprint density at radius 1 is 0.271 bits per heavy atom. The summed E-state index contributed by atoms with van der Waals surface area (Å²) in [4.78, 5) is 0. The second kappa shape index (κ2) is 17.9. The second-order valence-electron chi connectivity index (χ2n) is 14.1. The molecule has 0 bridgehead atoms. The van der Waals surface area contributed by atoms with Crippen LogP contribution in [0.25, 0.3) is 44.5 Å². The Labute approximate surface area is 347 Å². The summed E-state index contributed by atoms with van der Waals surface area (Å²) in [5, 5.41) is 0. The minimum Gasteiger partial charge on any atom is -0.495 e. The molecule has 6 aromatic carbocycles. The molecule has 0 heterocycles. The van der Waals surface area contributed by atoms with Gasteiger partial charge in [-0.15, -0.1) is 0 Å². The predicted molar refractivity (Wildman–Crippen MR) is 232 cm³/mol. The number of hydrogen-bond acceptors (Lipinski definition) is 10. The van der Waals surface area contributed by atoms with Crippen molar-refractivity contribution in [3.63, 3.8) is 0 Å². The summed E-state index contributed by atoms with van der Waals surface area (Å²) < 4.78 is 58.0. The maximum absolute atomic E-state index is 6.28. The summed E-state index contributed by atoms with van der Waals surface area (Å²) in [6, 6.07) is 32.2. The second-order valence-corrected chi connectivity index (χ2v) is 14.1. The molecule has 0 aromatic heterocycles. The standard InChI is InChI=1S/C49H52O10/c1-49(2,33-25-35(29-13-17-39(50-3)43(21-29)54-7)47(58-11)36(26-33)30-14-18-40(51-4)44(22-30)55-8)34-27-37(31-15-19-41(52-5)45(23-31)56-9)48(59-12)38(28-34)32-16-20-42(53-6)46(24-32)57-10/h13-28H,1-12H3. The van der Waals surface area contributed by atoms with Crippen LogP contribution in [-0.2, 0) is 5.41 Å². The van der Waals surface area contributed by atoms with E-state index in [0.29, 0.717) is 57.5 Å². The molecular weight excluding hydrogens is 749 g/mol. The highest BCUT2D eigenvalue weighted by atomic mass is 16.5. The van der Waals surface area contributed by atoms with Gasteiger partial charge in [0.15, 0.2) is 46.0 Å². The summed E-state index contributed by atoms with van der Waals surface area (Å²) >= 11 is 0. The predicted octanol–water partition coefficient (Wildman–Crippen LogP) is 10.8. The van der Waals surface area contributed by atoms with E-state index in [4.69, 9.17) is 47.4 Å². The van der Waals surface area contributed by atoms with E-state index in [1.165, 1.54) is 0 Å². The fourth-order valence-corrected chi connectivity index (χ4v) is 7.46. The first-order chi connectivity index (χ1) is 28.5. The van der Waals surface area contributed by atoms with Crippen molar-refractivity contribution in [2.75, 3.05) is 71.1 Å². The topological polar surface area (TPSA) is 92.3 Å². The van der Waals surface area contributed by atoms with Crippen LogP contribution in [0.3, 0.4) is 0 Å². The number of hydrogen-bond donors (Lipinski definition) is 0. The van der Waals surface area contributed by atoms with Gasteiger partial charge in [-0.2, -0.15) is 0 Å². The maximum atomic E-state index is 6.28. The Morgan fingerprint density at radius 2 is 0.492 bits per heavy atom. The highest BCUT2D eigenvalue weighted by Crippen LogP contribution is 2.50. The van der Waals surface area contributed by atoms with Crippen LogP contribution < -0.4 is 47.4 Å². The van der Waals surface area contributed by atoms with Crippen LogP contribution in [0.5, 0.6) is 57.5 Å². The molecule has 0 aliphatic rings. The zero-order valence-corrected chi connectivity index (χ0v) is 35.8. The number of rotatable bonds is 16. The third kappa shape index (κ3) is 7.95. The SMILES string of the molecule is COc1ccc(-c2cc(C(C)(C)c3cc(-c4ccc(OC)c(OC)c4)c(OC)c(-c4ccc(OC)c(OC)c4)c3)cc(-c3ccc(OC)c(OC)c3)c2OC)cc1OC. The van der Waals surface area contributed by atoms with Gasteiger partial charge in [-0.25, -0.2) is 0 Å². The lowest BCUT2D eigenvalue weighted by atomic mass is 9.74. The molecule has 0 N–H and O–H groups in total. The van der Waals surface area contributed by atoms with E-state index in [1.807, 2.05) is 72.8 Å². The van der Waals surface area contributed by atoms with Crippen molar-refractivity contribution >= 4 is 0 Å². The molecule has 308 valence electrons. The van der Waals surface area contributed by atoms with E-state index >= 15 is 0 Å². The number of benzene rings is 6. The molecule has 59 heavy (non-hydrogen) atoms. The Bertz CT molecular complexity index is 2130. The van der Waals surface area contributed by atoms with Crippen LogP contribution >= 0.6 is 0 Å². The molecule has 0 radical (unpaired) electrons. The highest BCUT2D eigenvalue weighted by molar-refractivity contribution is 5.88. The molecule has 0 fully saturated rings. The van der Waals surface area contributed by atoms with Crippen LogP contribution in [0.1, 0.15) is 25.0 Å². The van der Waals surface area contributed by atoms with Crippen molar-refractivity contribution < 1.29 is 47.4 Å². The molecule has 0 unspecified atom stereocenters. The van der Waals surface area contributed by atoms with Crippen LogP contribution in [0.15, 0.2) is 97.1 Å². The van der Waals surface area contributed by atoms with E-state index in [-0.39, 0.29) is 0 Å². The summed E-state index contributed by atoms with van der Waals surface area (Å²) in [6.07, 6.45) is 0. The van der Waals surface area contributed by atoms with Gasteiger partial charge < -0.3 is 47.4 Å². The molecule has 0 aliphatic carbocycles. The largest absolute Gasteiger partial charge is 0.495 e. The fourth-order valence-electron chi connectivity index (χ4n) is 7.46. The molecule has 0 atom stereocenters. The summed E-state index contributed by atoms with van der Waals surface area (Å²) in [5.41, 5.74) is 8.34. The van der Waals surface area contributed by atoms with E-state index in [1.54, 1.807) is 71.1 Å². The third-order valence-corrected chi connectivity index (χ3v) is 10.8. The van der Waals surface area contributed by atoms with Crippen molar-refractivity contribution in [2.24, 2.45) is 0 Å². The maximum Gasteiger partial charge on any atom is 0.161 e. The lowest BCUT2D eigenvalue weighted by Crippen LogP contribution is -2.20. The molecule has 0 amide bonds. The minimum atomic E-state index is -0.633. The van der Waals surface area contributed by atoms with Crippen molar-refractivity contribution in [1.29, 1.82) is 0 Å². The molecule has 6 aromatic rings. The van der Waals surface area contributed by atoms with Gasteiger partial charge >= 0.3 is 0 Å². The molecule has 0 saturated heterocycles. The molecule has 10 nitrogen and oxygen atoms in total. The van der Waals surface area contributed by atoms with Crippen LogP contribution in [0.4, 0.5) is 0 Å². The van der Waals surface area contributed by atoms with Gasteiger partial charge in [0.2, 0.25) is 0 Å². The average Bonchev–Trinajstić information content (AvgIpc) is 3.29. The third-order valence-electron chi connectivity index (χ3n) is 10.8. The van der Waals surface area contributed by atoms with Crippen molar-refractivity contribution in [1.82, 2.24) is 0 Å². The van der Waals surface area contributed by atoms with Gasteiger partial charge in [0.25, 0.3) is 0 Å². The summed E-state index contributed by atoms with van der Waals surface area (Å²) in [5.74, 6) is 6.22.